The SMILES string of the molecule is Cc1ccc(=O)n(CCNC(=O)COc2ccccc2)n1. The summed E-state index contributed by atoms with van der Waals surface area (Å²) in [7, 11) is 0. The summed E-state index contributed by atoms with van der Waals surface area (Å²) in [4.78, 5) is 23.1. The van der Waals surface area contributed by atoms with Gasteiger partial charge in [-0.2, -0.15) is 5.10 Å². The summed E-state index contributed by atoms with van der Waals surface area (Å²) in [6, 6.07) is 12.2. The number of nitrogens with one attached hydrogen (secondary N) is 1. The minimum absolute atomic E-state index is 0.0554. The zero-order chi connectivity index (χ0) is 15.1. The molecule has 0 saturated heterocycles. The fraction of sp³-hybridized carbons (Fsp3) is 0.267. The molecule has 110 valence electrons. The fourth-order valence-corrected chi connectivity index (χ4v) is 1.73. The monoisotopic (exact) mass is 287 g/mol. The van der Waals surface area contributed by atoms with Gasteiger partial charge in [0.15, 0.2) is 6.61 Å². The molecular formula is C15H17N3O3. The van der Waals surface area contributed by atoms with E-state index in [4.69, 9.17) is 4.74 Å². The molecule has 0 bridgehead atoms. The number of nitrogens with zero attached hydrogens (tertiary/aromatic N) is 2. The van der Waals surface area contributed by atoms with Crippen molar-refractivity contribution in [2.75, 3.05) is 13.2 Å². The standard InChI is InChI=1S/C15H17N3O3/c1-12-7-8-15(20)18(17-12)10-9-16-14(19)11-21-13-5-3-2-4-6-13/h2-8H,9-11H2,1H3,(H,16,19). The zero-order valence-corrected chi connectivity index (χ0v) is 11.8. The van der Waals surface area contributed by atoms with E-state index in [9.17, 15) is 9.59 Å². The van der Waals surface area contributed by atoms with Crippen LogP contribution >= 0.6 is 0 Å². The van der Waals surface area contributed by atoms with E-state index in [0.717, 1.165) is 5.69 Å². The van der Waals surface area contributed by atoms with Crippen molar-refractivity contribution in [3.63, 3.8) is 0 Å². The van der Waals surface area contributed by atoms with Gasteiger partial charge in [0.25, 0.3) is 11.5 Å². The summed E-state index contributed by atoms with van der Waals surface area (Å²) in [5.41, 5.74) is 0.573. The van der Waals surface area contributed by atoms with Crippen molar-refractivity contribution < 1.29 is 9.53 Å². The number of amides is 1. The Hall–Kier alpha value is -2.63. The highest BCUT2D eigenvalue weighted by Gasteiger charge is 2.03. The van der Waals surface area contributed by atoms with Gasteiger partial charge in [0.05, 0.1) is 12.2 Å². The molecule has 1 aromatic heterocycles. The van der Waals surface area contributed by atoms with Gasteiger partial charge >= 0.3 is 0 Å². The van der Waals surface area contributed by atoms with Crippen molar-refractivity contribution in [2.24, 2.45) is 0 Å². The first kappa shape index (κ1) is 14.8. The number of ether oxygens (including phenoxy) is 1. The van der Waals surface area contributed by atoms with Crippen LogP contribution < -0.4 is 15.6 Å². The number of aromatic nitrogens is 2. The van der Waals surface area contributed by atoms with Crippen molar-refractivity contribution in [3.05, 3.63) is 58.5 Å². The Morgan fingerprint density at radius 1 is 1.24 bits per heavy atom. The Kier molecular flexibility index (Phi) is 5.09. The third-order valence-electron chi connectivity index (χ3n) is 2.76. The zero-order valence-electron chi connectivity index (χ0n) is 11.8. The van der Waals surface area contributed by atoms with Crippen LogP contribution in [0.5, 0.6) is 5.75 Å². The first-order valence-electron chi connectivity index (χ1n) is 6.64. The molecule has 21 heavy (non-hydrogen) atoms. The maximum absolute atomic E-state index is 11.6. The second-order valence-electron chi connectivity index (χ2n) is 4.49. The van der Waals surface area contributed by atoms with Crippen molar-refractivity contribution in [2.45, 2.75) is 13.5 Å². The third-order valence-corrected chi connectivity index (χ3v) is 2.76. The number of hydrogen-bond acceptors (Lipinski definition) is 4. The lowest BCUT2D eigenvalue weighted by Gasteiger charge is -2.08. The molecule has 0 spiro atoms. The average Bonchev–Trinajstić information content (AvgIpc) is 2.50. The smallest absolute Gasteiger partial charge is 0.266 e. The Balaban J connectivity index is 1.74. The topological polar surface area (TPSA) is 73.2 Å². The molecule has 0 radical (unpaired) electrons. The number of benzene rings is 1. The molecule has 0 saturated carbocycles. The van der Waals surface area contributed by atoms with Crippen molar-refractivity contribution in [3.8, 4) is 5.75 Å². The van der Waals surface area contributed by atoms with Crippen molar-refractivity contribution in [1.82, 2.24) is 15.1 Å². The van der Waals surface area contributed by atoms with E-state index in [1.165, 1.54) is 10.7 Å². The summed E-state index contributed by atoms with van der Waals surface area (Å²) in [5, 5.41) is 6.77. The Morgan fingerprint density at radius 3 is 2.76 bits per heavy atom. The van der Waals surface area contributed by atoms with Crippen molar-refractivity contribution in [1.29, 1.82) is 0 Å². The van der Waals surface area contributed by atoms with Crippen LogP contribution in [0.25, 0.3) is 0 Å². The molecule has 0 aliphatic heterocycles. The molecule has 1 N–H and O–H groups in total. The summed E-state index contributed by atoms with van der Waals surface area (Å²) < 4.78 is 6.64. The van der Waals surface area contributed by atoms with Gasteiger partial charge in [0, 0.05) is 12.6 Å². The van der Waals surface area contributed by atoms with Crippen LogP contribution in [0.4, 0.5) is 0 Å². The molecule has 0 atom stereocenters. The van der Waals surface area contributed by atoms with E-state index < -0.39 is 0 Å². The van der Waals surface area contributed by atoms with Crippen LogP contribution in [0.3, 0.4) is 0 Å². The highest BCUT2D eigenvalue weighted by atomic mass is 16.5. The highest BCUT2D eigenvalue weighted by Crippen LogP contribution is 2.07. The van der Waals surface area contributed by atoms with Crippen LogP contribution in [0.15, 0.2) is 47.3 Å². The third kappa shape index (κ3) is 4.76. The van der Waals surface area contributed by atoms with Gasteiger partial charge in [0.1, 0.15) is 5.75 Å². The largest absolute Gasteiger partial charge is 0.484 e. The van der Waals surface area contributed by atoms with E-state index in [-0.39, 0.29) is 18.1 Å². The number of carbonyl (C=O) groups is 1. The molecule has 1 amide bonds. The molecular weight excluding hydrogens is 270 g/mol. The predicted molar refractivity (Wildman–Crippen MR) is 78.2 cm³/mol. The van der Waals surface area contributed by atoms with Crippen LogP contribution in [-0.4, -0.2) is 28.8 Å². The average molecular weight is 287 g/mol. The number of rotatable bonds is 6. The number of hydrogen-bond donors (Lipinski definition) is 1. The van der Waals surface area contributed by atoms with E-state index in [1.54, 1.807) is 18.2 Å². The molecule has 0 unspecified atom stereocenters. The van der Waals surface area contributed by atoms with Gasteiger partial charge < -0.3 is 10.1 Å². The minimum atomic E-state index is -0.237. The molecule has 2 rings (SSSR count). The van der Waals surface area contributed by atoms with Gasteiger partial charge in [-0.1, -0.05) is 18.2 Å². The van der Waals surface area contributed by atoms with Gasteiger partial charge in [-0.25, -0.2) is 4.68 Å². The maximum Gasteiger partial charge on any atom is 0.266 e. The van der Waals surface area contributed by atoms with Crippen molar-refractivity contribution >= 4 is 5.91 Å². The summed E-state index contributed by atoms with van der Waals surface area (Å²) in [6.07, 6.45) is 0. The first-order chi connectivity index (χ1) is 10.1. The second kappa shape index (κ2) is 7.23. The van der Waals surface area contributed by atoms with E-state index in [0.29, 0.717) is 18.8 Å². The number of carbonyl (C=O) groups excluding carboxylic acids is 1. The predicted octanol–water partition coefficient (Wildman–Crippen LogP) is 0.747. The summed E-state index contributed by atoms with van der Waals surface area (Å²) in [6.45, 7) is 2.41. The molecule has 1 heterocycles. The van der Waals surface area contributed by atoms with Crippen LogP contribution in [0, 0.1) is 6.92 Å². The molecule has 0 aliphatic rings. The van der Waals surface area contributed by atoms with E-state index in [2.05, 4.69) is 10.4 Å². The fourth-order valence-electron chi connectivity index (χ4n) is 1.73. The second-order valence-corrected chi connectivity index (χ2v) is 4.49. The Morgan fingerprint density at radius 2 is 2.00 bits per heavy atom. The molecule has 2 aromatic rings. The Bertz CT molecular complexity index is 653. The first-order valence-corrected chi connectivity index (χ1v) is 6.64. The van der Waals surface area contributed by atoms with Gasteiger partial charge in [0.2, 0.25) is 0 Å². The quantitative estimate of drug-likeness (QED) is 0.851. The summed E-state index contributed by atoms with van der Waals surface area (Å²) >= 11 is 0. The lowest BCUT2D eigenvalue weighted by Crippen LogP contribution is -2.34. The summed E-state index contributed by atoms with van der Waals surface area (Å²) in [5.74, 6) is 0.406. The van der Waals surface area contributed by atoms with Crippen LogP contribution in [-0.2, 0) is 11.3 Å². The molecule has 6 nitrogen and oxygen atoms in total. The normalized spacial score (nSPS) is 10.1. The van der Waals surface area contributed by atoms with E-state index >= 15 is 0 Å². The minimum Gasteiger partial charge on any atom is -0.484 e. The number of aryl methyl sites for hydroxylation is 1. The van der Waals surface area contributed by atoms with E-state index in [1.807, 2.05) is 25.1 Å². The van der Waals surface area contributed by atoms with Gasteiger partial charge in [-0.3, -0.25) is 9.59 Å². The molecule has 1 aromatic carbocycles. The van der Waals surface area contributed by atoms with Gasteiger partial charge in [-0.15, -0.1) is 0 Å². The van der Waals surface area contributed by atoms with Gasteiger partial charge in [-0.05, 0) is 25.1 Å². The molecule has 0 aliphatic carbocycles. The lowest BCUT2D eigenvalue weighted by atomic mass is 10.3. The number of para-hydroxylation sites is 1. The lowest BCUT2D eigenvalue weighted by molar-refractivity contribution is -0.123. The molecule has 0 fully saturated rings. The Labute approximate surface area is 122 Å². The highest BCUT2D eigenvalue weighted by molar-refractivity contribution is 5.77. The molecule has 6 heteroatoms. The van der Waals surface area contributed by atoms with Crippen LogP contribution in [0.1, 0.15) is 5.69 Å². The van der Waals surface area contributed by atoms with Crippen LogP contribution in [0.2, 0.25) is 0 Å². The maximum atomic E-state index is 11.6.